The van der Waals surface area contributed by atoms with Gasteiger partial charge in [0.25, 0.3) is 0 Å². The molecule has 1 aliphatic carbocycles. The van der Waals surface area contributed by atoms with E-state index in [-0.39, 0.29) is 58.9 Å². The number of alkyl halides is 3. The molecule has 0 saturated heterocycles. The largest absolute Gasteiger partial charge is 0.466 e. The van der Waals surface area contributed by atoms with Crippen LogP contribution in [0.3, 0.4) is 0 Å². The van der Waals surface area contributed by atoms with E-state index in [4.69, 9.17) is 27.9 Å². The number of halogens is 5. The van der Waals surface area contributed by atoms with Crippen LogP contribution in [-0.4, -0.2) is 56.5 Å². The lowest BCUT2D eigenvalue weighted by Gasteiger charge is -2.37. The molecule has 2 aromatic rings. The number of esters is 1. The zero-order chi connectivity index (χ0) is 31.5. The van der Waals surface area contributed by atoms with Crippen LogP contribution >= 0.6 is 23.2 Å². The van der Waals surface area contributed by atoms with Crippen molar-refractivity contribution in [3.8, 4) is 0 Å². The fraction of sp³-hybridized carbons (Fsp3) is 0.643. The second-order valence-corrected chi connectivity index (χ2v) is 13.1. The number of aliphatic hydroxyl groups is 1. The van der Waals surface area contributed by atoms with E-state index in [0.29, 0.717) is 25.7 Å². The van der Waals surface area contributed by atoms with Crippen LogP contribution in [0.15, 0.2) is 23.7 Å². The SMILES string of the molecule is CCOC(=O)CC1(C)CCC(n2ncc(C(=NO)N(CC(O)c3c(Cl)c[nH+]cc3Cl)CC(C)(C)C)c2C(F)(F)F)CC1. The number of pyridine rings is 1. The van der Waals surface area contributed by atoms with Gasteiger partial charge in [-0.3, -0.25) is 9.48 Å². The quantitative estimate of drug-likeness (QED) is 0.110. The molecule has 0 amide bonds. The highest BCUT2D eigenvalue weighted by Gasteiger charge is 2.44. The summed E-state index contributed by atoms with van der Waals surface area (Å²) in [5, 5.41) is 28.9. The third kappa shape index (κ3) is 8.29. The molecule has 1 fully saturated rings. The standard InChI is InChI=1S/C28H38Cl2F3N5O4/c1-6-42-22(40)11-27(5)9-7-17(8-10-27)38-24(28(31,32)33)18(12-35-38)25(36-41)37(16-26(2,3)4)15-21(39)23-19(29)13-34-14-20(23)30/h12-14,17,21,39,41H,6-11,15-16H2,1-5H3/p+1. The summed E-state index contributed by atoms with van der Waals surface area (Å²) in [6, 6.07) is -0.578. The predicted octanol–water partition coefficient (Wildman–Crippen LogP) is 6.31. The van der Waals surface area contributed by atoms with Gasteiger partial charge >= 0.3 is 12.1 Å². The Hall–Kier alpha value is -2.57. The molecule has 3 rings (SSSR count). The Morgan fingerprint density at radius 1 is 1.26 bits per heavy atom. The third-order valence-electron chi connectivity index (χ3n) is 7.41. The van der Waals surface area contributed by atoms with Gasteiger partial charge in [0.05, 0.1) is 36.9 Å². The fourth-order valence-corrected chi connectivity index (χ4v) is 6.16. The van der Waals surface area contributed by atoms with Gasteiger partial charge in [-0.25, -0.2) is 4.98 Å². The van der Waals surface area contributed by atoms with Crippen LogP contribution in [0.1, 0.15) is 95.7 Å². The second kappa shape index (κ2) is 13.4. The maximum atomic E-state index is 14.7. The molecular formula is C28H39Cl2F3N5O4+. The molecule has 14 heteroatoms. The number of aromatic nitrogens is 3. The molecular weight excluding hydrogens is 598 g/mol. The van der Waals surface area contributed by atoms with E-state index >= 15 is 0 Å². The van der Waals surface area contributed by atoms with E-state index in [2.05, 4.69) is 15.2 Å². The number of carbonyl (C=O) groups is 1. The molecule has 2 aromatic heterocycles. The summed E-state index contributed by atoms with van der Waals surface area (Å²) >= 11 is 12.5. The number of hydrogen-bond donors (Lipinski definition) is 2. The molecule has 1 saturated carbocycles. The molecule has 0 radical (unpaired) electrons. The van der Waals surface area contributed by atoms with Crippen LogP contribution in [0, 0.1) is 10.8 Å². The van der Waals surface area contributed by atoms with Crippen molar-refractivity contribution in [2.75, 3.05) is 19.7 Å². The lowest BCUT2D eigenvalue weighted by Crippen LogP contribution is -2.42. The number of hydrogen-bond acceptors (Lipinski definition) is 6. The van der Waals surface area contributed by atoms with E-state index in [9.17, 15) is 28.3 Å². The Morgan fingerprint density at radius 3 is 2.36 bits per heavy atom. The van der Waals surface area contributed by atoms with Crippen molar-refractivity contribution in [3.63, 3.8) is 0 Å². The Bertz CT molecular complexity index is 1250. The number of amidine groups is 1. The summed E-state index contributed by atoms with van der Waals surface area (Å²) in [6.45, 7) is 9.38. The fourth-order valence-electron chi connectivity index (χ4n) is 5.53. The summed E-state index contributed by atoms with van der Waals surface area (Å²) in [6.07, 6.45) is -0.281. The van der Waals surface area contributed by atoms with Crippen LogP contribution in [-0.2, 0) is 15.7 Å². The van der Waals surface area contributed by atoms with Crippen LogP contribution in [0.5, 0.6) is 0 Å². The van der Waals surface area contributed by atoms with Crippen molar-refractivity contribution in [2.24, 2.45) is 16.0 Å². The van der Waals surface area contributed by atoms with E-state index in [1.807, 2.05) is 27.7 Å². The van der Waals surface area contributed by atoms with Gasteiger partial charge in [0.15, 0.2) is 23.9 Å². The third-order valence-corrected chi connectivity index (χ3v) is 8.04. The number of oxime groups is 1. The summed E-state index contributed by atoms with van der Waals surface area (Å²) in [5.41, 5.74) is -2.14. The number of aromatic amines is 1. The highest BCUT2D eigenvalue weighted by Crippen LogP contribution is 2.45. The average molecular weight is 638 g/mol. The number of H-pyrrole nitrogens is 1. The molecule has 3 N–H and O–H groups in total. The second-order valence-electron chi connectivity index (χ2n) is 12.3. The molecule has 1 unspecified atom stereocenters. The van der Waals surface area contributed by atoms with Gasteiger partial charge < -0.3 is 20.0 Å². The van der Waals surface area contributed by atoms with Crippen molar-refractivity contribution in [3.05, 3.63) is 45.5 Å². The van der Waals surface area contributed by atoms with Crippen molar-refractivity contribution >= 4 is 35.0 Å². The minimum absolute atomic E-state index is 0.121. The molecule has 9 nitrogen and oxygen atoms in total. The average Bonchev–Trinajstić information content (AvgIpc) is 3.29. The first-order chi connectivity index (χ1) is 19.5. The molecule has 0 aromatic carbocycles. The number of nitrogens with zero attached hydrogens (tertiary/aromatic N) is 4. The molecule has 234 valence electrons. The Kier molecular flexibility index (Phi) is 10.8. The van der Waals surface area contributed by atoms with E-state index in [1.165, 1.54) is 17.3 Å². The minimum atomic E-state index is -4.83. The zero-order valence-electron chi connectivity index (χ0n) is 24.4. The Balaban J connectivity index is 1.97. The van der Waals surface area contributed by atoms with E-state index < -0.39 is 35.0 Å². The molecule has 0 spiro atoms. The molecule has 2 heterocycles. The minimum Gasteiger partial charge on any atom is -0.466 e. The van der Waals surface area contributed by atoms with Crippen LogP contribution in [0.25, 0.3) is 0 Å². The molecule has 1 atom stereocenters. The Morgan fingerprint density at radius 2 is 1.86 bits per heavy atom. The van der Waals surface area contributed by atoms with Crippen molar-refractivity contribution < 1.29 is 38.0 Å². The summed E-state index contributed by atoms with van der Waals surface area (Å²) in [5.74, 6) is -0.711. The summed E-state index contributed by atoms with van der Waals surface area (Å²) in [4.78, 5) is 16.2. The zero-order valence-corrected chi connectivity index (χ0v) is 25.9. The van der Waals surface area contributed by atoms with Crippen molar-refractivity contribution in [2.45, 2.75) is 85.0 Å². The van der Waals surface area contributed by atoms with Gasteiger partial charge in [-0.05, 0) is 43.4 Å². The van der Waals surface area contributed by atoms with Crippen molar-refractivity contribution in [1.82, 2.24) is 14.7 Å². The lowest BCUT2D eigenvalue weighted by molar-refractivity contribution is -0.377. The summed E-state index contributed by atoms with van der Waals surface area (Å²) in [7, 11) is 0. The first-order valence-electron chi connectivity index (χ1n) is 13.8. The first-order valence-corrected chi connectivity index (χ1v) is 14.6. The van der Waals surface area contributed by atoms with E-state index in [1.54, 1.807) is 6.92 Å². The number of carbonyl (C=O) groups excluding carboxylic acids is 1. The molecule has 1 aliphatic rings. The van der Waals surface area contributed by atoms with E-state index in [0.717, 1.165) is 10.9 Å². The number of nitrogens with one attached hydrogen (secondary N) is 1. The lowest BCUT2D eigenvalue weighted by atomic mass is 9.72. The normalized spacial score (nSPS) is 20.8. The predicted molar refractivity (Wildman–Crippen MR) is 151 cm³/mol. The van der Waals surface area contributed by atoms with Crippen LogP contribution in [0.2, 0.25) is 10.0 Å². The van der Waals surface area contributed by atoms with Gasteiger partial charge in [-0.1, -0.05) is 56.1 Å². The first kappa shape index (κ1) is 33.9. The van der Waals surface area contributed by atoms with Gasteiger partial charge in [0.1, 0.15) is 10.0 Å². The van der Waals surface area contributed by atoms with Gasteiger partial charge in [0.2, 0.25) is 0 Å². The summed E-state index contributed by atoms with van der Waals surface area (Å²) < 4.78 is 50.0. The van der Waals surface area contributed by atoms with Gasteiger partial charge in [-0.2, -0.15) is 18.3 Å². The monoisotopic (exact) mass is 636 g/mol. The highest BCUT2D eigenvalue weighted by molar-refractivity contribution is 6.35. The number of rotatable bonds is 9. The number of aliphatic hydroxyl groups excluding tert-OH is 1. The number of ether oxygens (including phenoxy) is 1. The van der Waals surface area contributed by atoms with Crippen LogP contribution in [0.4, 0.5) is 13.2 Å². The highest BCUT2D eigenvalue weighted by atomic mass is 35.5. The molecule has 0 aliphatic heterocycles. The molecule has 0 bridgehead atoms. The van der Waals surface area contributed by atoms with Gasteiger partial charge in [0, 0.05) is 18.7 Å². The smallest absolute Gasteiger partial charge is 0.433 e. The molecule has 42 heavy (non-hydrogen) atoms. The maximum absolute atomic E-state index is 14.7. The van der Waals surface area contributed by atoms with Crippen molar-refractivity contribution in [1.29, 1.82) is 0 Å². The Labute approximate surface area is 253 Å². The van der Waals surface area contributed by atoms with Gasteiger partial charge in [-0.15, -0.1) is 0 Å². The maximum Gasteiger partial charge on any atom is 0.433 e. The van der Waals surface area contributed by atoms with Crippen LogP contribution < -0.4 is 4.98 Å². The topological polar surface area (TPSA) is 114 Å².